The van der Waals surface area contributed by atoms with Crippen molar-refractivity contribution < 1.29 is 9.21 Å². The highest BCUT2D eigenvalue weighted by atomic mass is 16.4. The second kappa shape index (κ2) is 5.30. The van der Waals surface area contributed by atoms with E-state index < -0.39 is 5.76 Å². The number of rotatable bonds is 6. The number of amides is 1. The highest BCUT2D eigenvalue weighted by molar-refractivity contribution is 5.77. The van der Waals surface area contributed by atoms with Gasteiger partial charge in [0.25, 0.3) is 0 Å². The van der Waals surface area contributed by atoms with E-state index in [4.69, 9.17) is 4.42 Å². The zero-order valence-corrected chi connectivity index (χ0v) is 12.5. The SMILES string of the molecule is O=C(CCn1c(=O)oc2ccccc21)NC(C1CC1)C1CC1. The van der Waals surface area contributed by atoms with Crippen molar-refractivity contribution in [2.45, 2.75) is 44.7 Å². The van der Waals surface area contributed by atoms with Crippen LogP contribution in [0.5, 0.6) is 0 Å². The van der Waals surface area contributed by atoms with Crippen molar-refractivity contribution >= 4 is 17.0 Å². The van der Waals surface area contributed by atoms with Crippen molar-refractivity contribution in [3.05, 3.63) is 34.8 Å². The van der Waals surface area contributed by atoms with Crippen LogP contribution in [0.15, 0.2) is 33.5 Å². The molecule has 5 heteroatoms. The summed E-state index contributed by atoms with van der Waals surface area (Å²) in [5, 5.41) is 3.19. The number of aromatic nitrogens is 1. The Hall–Kier alpha value is -2.04. The average molecular weight is 300 g/mol. The first-order valence-corrected chi connectivity index (χ1v) is 8.10. The molecule has 2 fully saturated rings. The lowest BCUT2D eigenvalue weighted by molar-refractivity contribution is -0.122. The second-order valence-corrected chi connectivity index (χ2v) is 6.51. The normalized spacial score (nSPS) is 18.0. The lowest BCUT2D eigenvalue weighted by Gasteiger charge is -2.17. The molecule has 2 aliphatic rings. The fraction of sp³-hybridized carbons (Fsp3) is 0.529. The van der Waals surface area contributed by atoms with Crippen LogP contribution in [0.25, 0.3) is 11.1 Å². The summed E-state index contributed by atoms with van der Waals surface area (Å²) in [4.78, 5) is 24.1. The number of nitrogens with one attached hydrogen (secondary N) is 1. The third-order valence-electron chi connectivity index (χ3n) is 4.72. The van der Waals surface area contributed by atoms with E-state index in [9.17, 15) is 9.59 Å². The van der Waals surface area contributed by atoms with E-state index in [1.807, 2.05) is 18.2 Å². The number of para-hydroxylation sites is 2. The fourth-order valence-corrected chi connectivity index (χ4v) is 3.23. The monoisotopic (exact) mass is 300 g/mol. The van der Waals surface area contributed by atoms with Crippen LogP contribution >= 0.6 is 0 Å². The van der Waals surface area contributed by atoms with Crippen LogP contribution in [0.2, 0.25) is 0 Å². The van der Waals surface area contributed by atoms with E-state index in [1.165, 1.54) is 30.3 Å². The van der Waals surface area contributed by atoms with Gasteiger partial charge in [0.15, 0.2) is 5.58 Å². The topological polar surface area (TPSA) is 64.2 Å². The molecule has 1 aromatic carbocycles. The Morgan fingerprint density at radius 1 is 1.23 bits per heavy atom. The van der Waals surface area contributed by atoms with Crippen molar-refractivity contribution in [3.8, 4) is 0 Å². The van der Waals surface area contributed by atoms with Crippen LogP contribution in [0.1, 0.15) is 32.1 Å². The van der Waals surface area contributed by atoms with Gasteiger partial charge in [-0.15, -0.1) is 0 Å². The number of carbonyl (C=O) groups excluding carboxylic acids is 1. The molecule has 2 saturated carbocycles. The van der Waals surface area contributed by atoms with E-state index in [-0.39, 0.29) is 5.91 Å². The van der Waals surface area contributed by atoms with Crippen molar-refractivity contribution in [2.75, 3.05) is 0 Å². The summed E-state index contributed by atoms with van der Waals surface area (Å²) in [6, 6.07) is 7.67. The molecule has 2 aliphatic carbocycles. The molecule has 22 heavy (non-hydrogen) atoms. The summed E-state index contributed by atoms with van der Waals surface area (Å²) >= 11 is 0. The first-order chi connectivity index (χ1) is 10.7. The highest BCUT2D eigenvalue weighted by Crippen LogP contribution is 2.44. The van der Waals surface area contributed by atoms with Gasteiger partial charge in [0.05, 0.1) is 5.52 Å². The maximum atomic E-state index is 12.2. The number of aryl methyl sites for hydroxylation is 1. The van der Waals surface area contributed by atoms with Crippen molar-refractivity contribution in [1.82, 2.24) is 9.88 Å². The van der Waals surface area contributed by atoms with Crippen LogP contribution in [0.3, 0.4) is 0 Å². The smallest absolute Gasteiger partial charge is 0.408 e. The zero-order valence-electron chi connectivity index (χ0n) is 12.5. The first kappa shape index (κ1) is 13.6. The number of oxazole rings is 1. The van der Waals surface area contributed by atoms with Crippen LogP contribution in [-0.2, 0) is 11.3 Å². The molecule has 0 radical (unpaired) electrons. The molecule has 4 rings (SSSR count). The number of nitrogens with zero attached hydrogens (tertiary/aromatic N) is 1. The van der Waals surface area contributed by atoms with Gasteiger partial charge in [-0.25, -0.2) is 4.79 Å². The van der Waals surface area contributed by atoms with Crippen molar-refractivity contribution in [3.63, 3.8) is 0 Å². The molecule has 0 bridgehead atoms. The summed E-state index contributed by atoms with van der Waals surface area (Å²) in [5.41, 5.74) is 1.32. The standard InChI is InChI=1S/C17H20N2O3/c20-15(18-16(11-5-6-11)12-7-8-12)9-10-19-13-3-1-2-4-14(13)22-17(19)21/h1-4,11-12,16H,5-10H2,(H,18,20). The molecular formula is C17H20N2O3. The number of hydrogen-bond acceptors (Lipinski definition) is 3. The van der Waals surface area contributed by atoms with Crippen LogP contribution < -0.4 is 11.1 Å². The lowest BCUT2D eigenvalue weighted by atomic mass is 10.1. The van der Waals surface area contributed by atoms with Gasteiger partial charge in [0.1, 0.15) is 0 Å². The maximum Gasteiger partial charge on any atom is 0.419 e. The van der Waals surface area contributed by atoms with Gasteiger partial charge in [0, 0.05) is 19.0 Å². The van der Waals surface area contributed by atoms with Gasteiger partial charge in [-0.1, -0.05) is 12.1 Å². The van der Waals surface area contributed by atoms with E-state index in [1.54, 1.807) is 6.07 Å². The molecule has 0 aliphatic heterocycles. The first-order valence-electron chi connectivity index (χ1n) is 8.10. The Balaban J connectivity index is 1.41. The molecule has 0 spiro atoms. The van der Waals surface area contributed by atoms with Gasteiger partial charge in [-0.05, 0) is 49.7 Å². The average Bonchev–Trinajstić information content (AvgIpc) is 3.40. The van der Waals surface area contributed by atoms with Gasteiger partial charge >= 0.3 is 5.76 Å². The lowest BCUT2D eigenvalue weighted by Crippen LogP contribution is -2.38. The van der Waals surface area contributed by atoms with Crippen molar-refractivity contribution in [1.29, 1.82) is 0 Å². The molecule has 1 amide bonds. The molecule has 0 saturated heterocycles. The molecule has 1 N–H and O–H groups in total. The van der Waals surface area contributed by atoms with Gasteiger partial charge in [-0.3, -0.25) is 9.36 Å². The Morgan fingerprint density at radius 2 is 1.91 bits per heavy atom. The number of carbonyl (C=O) groups is 1. The molecular weight excluding hydrogens is 280 g/mol. The molecule has 1 aromatic heterocycles. The largest absolute Gasteiger partial charge is 0.419 e. The van der Waals surface area contributed by atoms with Crippen molar-refractivity contribution in [2.24, 2.45) is 11.8 Å². The third kappa shape index (κ3) is 2.67. The Labute approximate surface area is 128 Å². The molecule has 2 aromatic rings. The molecule has 0 atom stereocenters. The Bertz CT molecular complexity index is 741. The summed E-state index contributed by atoms with van der Waals surface area (Å²) in [6.07, 6.45) is 5.29. The third-order valence-corrected chi connectivity index (χ3v) is 4.72. The molecule has 0 unspecified atom stereocenters. The quantitative estimate of drug-likeness (QED) is 0.890. The zero-order chi connectivity index (χ0) is 15.1. The van der Waals surface area contributed by atoms with Crippen LogP contribution in [-0.4, -0.2) is 16.5 Å². The molecule has 116 valence electrons. The Morgan fingerprint density at radius 3 is 2.59 bits per heavy atom. The van der Waals surface area contributed by atoms with E-state index in [2.05, 4.69) is 5.32 Å². The minimum Gasteiger partial charge on any atom is -0.408 e. The minimum absolute atomic E-state index is 0.0426. The molecule has 5 nitrogen and oxygen atoms in total. The predicted octanol–water partition coefficient (Wildman–Crippen LogP) is 2.29. The van der Waals surface area contributed by atoms with Gasteiger partial charge in [0.2, 0.25) is 5.91 Å². The second-order valence-electron chi connectivity index (χ2n) is 6.51. The van der Waals surface area contributed by atoms with Crippen LogP contribution in [0, 0.1) is 11.8 Å². The predicted molar refractivity (Wildman–Crippen MR) is 82.5 cm³/mol. The fourth-order valence-electron chi connectivity index (χ4n) is 3.23. The van der Waals surface area contributed by atoms with E-state index in [0.29, 0.717) is 36.4 Å². The molecule has 1 heterocycles. The van der Waals surface area contributed by atoms with E-state index >= 15 is 0 Å². The van der Waals surface area contributed by atoms with Gasteiger partial charge in [-0.2, -0.15) is 0 Å². The number of fused-ring (bicyclic) bond motifs is 1. The van der Waals surface area contributed by atoms with E-state index in [0.717, 1.165) is 5.52 Å². The van der Waals surface area contributed by atoms with Crippen LogP contribution in [0.4, 0.5) is 0 Å². The number of benzene rings is 1. The summed E-state index contributed by atoms with van der Waals surface area (Å²) in [6.45, 7) is 0.365. The summed E-state index contributed by atoms with van der Waals surface area (Å²) in [7, 11) is 0. The highest BCUT2D eigenvalue weighted by Gasteiger charge is 2.42. The summed E-state index contributed by atoms with van der Waals surface area (Å²) in [5.74, 6) is 1.03. The Kier molecular flexibility index (Phi) is 3.28. The summed E-state index contributed by atoms with van der Waals surface area (Å²) < 4.78 is 6.72. The van der Waals surface area contributed by atoms with Gasteiger partial charge < -0.3 is 9.73 Å². The number of hydrogen-bond donors (Lipinski definition) is 1. The maximum absolute atomic E-state index is 12.2. The minimum atomic E-state index is -0.394.